The smallest absolute Gasteiger partial charge is 0.0863 e. The first-order valence-corrected chi connectivity index (χ1v) is 6.58. The molecule has 1 aliphatic rings. The Morgan fingerprint density at radius 1 is 1.18 bits per heavy atom. The zero-order chi connectivity index (χ0) is 12.7. The first-order valence-electron chi connectivity index (χ1n) is 6.58. The van der Waals surface area contributed by atoms with Gasteiger partial charge in [0.05, 0.1) is 12.2 Å². The molecule has 1 unspecified atom stereocenters. The maximum atomic E-state index is 6.12. The van der Waals surface area contributed by atoms with Gasteiger partial charge in [0.25, 0.3) is 0 Å². The number of aryl methyl sites for hydroxylation is 1. The average molecular weight is 233 g/mol. The third-order valence-corrected chi connectivity index (χ3v) is 3.66. The van der Waals surface area contributed by atoms with E-state index in [1.807, 2.05) is 6.20 Å². The van der Waals surface area contributed by atoms with Gasteiger partial charge in [-0.1, -0.05) is 27.7 Å². The molecule has 0 aliphatic carbocycles. The number of ether oxygens (including phenoxy) is 1. The summed E-state index contributed by atoms with van der Waals surface area (Å²) in [6.07, 6.45) is 2.46. The van der Waals surface area contributed by atoms with Gasteiger partial charge in [-0.25, -0.2) is 0 Å². The fourth-order valence-electron chi connectivity index (χ4n) is 2.79. The molecule has 2 nitrogen and oxygen atoms in total. The van der Waals surface area contributed by atoms with Gasteiger partial charge < -0.3 is 4.74 Å². The Kier molecular flexibility index (Phi) is 3.26. The number of fused-ring (bicyclic) bond motifs is 1. The van der Waals surface area contributed by atoms with Crippen molar-refractivity contribution < 1.29 is 4.74 Å². The lowest BCUT2D eigenvalue weighted by atomic mass is 9.88. The molecule has 94 valence electrons. The summed E-state index contributed by atoms with van der Waals surface area (Å²) in [7, 11) is 0. The highest BCUT2D eigenvalue weighted by atomic mass is 16.5. The molecular formula is C15H23NO. The van der Waals surface area contributed by atoms with E-state index in [0.717, 1.165) is 5.69 Å². The minimum absolute atomic E-state index is 0.184. The summed E-state index contributed by atoms with van der Waals surface area (Å²) < 4.78 is 6.12. The highest BCUT2D eigenvalue weighted by molar-refractivity contribution is 5.43. The largest absolute Gasteiger partial charge is 0.366 e. The summed E-state index contributed by atoms with van der Waals surface area (Å²) in [5, 5.41) is 0. The quantitative estimate of drug-likeness (QED) is 0.759. The molecule has 1 aromatic rings. The normalized spacial score (nSPS) is 23.5. The lowest BCUT2D eigenvalue weighted by Crippen LogP contribution is -2.09. The van der Waals surface area contributed by atoms with Gasteiger partial charge in [-0.15, -0.1) is 0 Å². The van der Waals surface area contributed by atoms with Gasteiger partial charge in [0.1, 0.15) is 0 Å². The van der Waals surface area contributed by atoms with Crippen LogP contribution in [-0.4, -0.2) is 4.98 Å². The SMILES string of the molecule is Cc1ncc(C(C)C)c2c1[C@H](C)OC2C(C)C. The van der Waals surface area contributed by atoms with Gasteiger partial charge in [0.2, 0.25) is 0 Å². The van der Waals surface area contributed by atoms with Crippen LogP contribution in [0.4, 0.5) is 0 Å². The van der Waals surface area contributed by atoms with Gasteiger partial charge in [0, 0.05) is 17.5 Å². The zero-order valence-electron chi connectivity index (χ0n) is 11.7. The highest BCUT2D eigenvalue weighted by Gasteiger charge is 2.35. The van der Waals surface area contributed by atoms with E-state index in [2.05, 4.69) is 46.5 Å². The van der Waals surface area contributed by atoms with Crippen LogP contribution in [0.5, 0.6) is 0 Å². The molecule has 1 aromatic heterocycles. The summed E-state index contributed by atoms with van der Waals surface area (Å²) >= 11 is 0. The molecule has 0 bridgehead atoms. The first-order chi connectivity index (χ1) is 7.93. The van der Waals surface area contributed by atoms with E-state index >= 15 is 0 Å². The third kappa shape index (κ3) is 1.99. The van der Waals surface area contributed by atoms with E-state index in [-0.39, 0.29) is 12.2 Å². The van der Waals surface area contributed by atoms with Crippen LogP contribution in [0.3, 0.4) is 0 Å². The number of nitrogens with zero attached hydrogens (tertiary/aromatic N) is 1. The van der Waals surface area contributed by atoms with Gasteiger partial charge in [-0.2, -0.15) is 0 Å². The Hall–Kier alpha value is -0.890. The van der Waals surface area contributed by atoms with Crippen molar-refractivity contribution in [3.05, 3.63) is 28.6 Å². The molecule has 2 heteroatoms. The van der Waals surface area contributed by atoms with Crippen molar-refractivity contribution in [1.29, 1.82) is 0 Å². The van der Waals surface area contributed by atoms with Crippen molar-refractivity contribution in [2.24, 2.45) is 5.92 Å². The van der Waals surface area contributed by atoms with E-state index in [0.29, 0.717) is 11.8 Å². The van der Waals surface area contributed by atoms with Crippen LogP contribution in [0.1, 0.15) is 75.1 Å². The predicted molar refractivity (Wildman–Crippen MR) is 70.1 cm³/mol. The van der Waals surface area contributed by atoms with Crippen LogP contribution in [0.2, 0.25) is 0 Å². The average Bonchev–Trinajstić information content (AvgIpc) is 2.57. The topological polar surface area (TPSA) is 22.1 Å². The molecule has 2 atom stereocenters. The number of hydrogen-bond donors (Lipinski definition) is 0. The van der Waals surface area contributed by atoms with Crippen molar-refractivity contribution in [3.63, 3.8) is 0 Å². The second kappa shape index (κ2) is 4.41. The predicted octanol–water partition coefficient (Wildman–Crippen LogP) is 4.30. The first kappa shape index (κ1) is 12.6. The minimum Gasteiger partial charge on any atom is -0.366 e. The standard InChI is InChI=1S/C15H23NO/c1-8(2)12-7-16-10(5)13-11(6)17-15(9(3)4)14(12)13/h7-9,11,15H,1-6H3/t11-,15?/m0/s1. The van der Waals surface area contributed by atoms with Crippen LogP contribution >= 0.6 is 0 Å². The van der Waals surface area contributed by atoms with Crippen LogP contribution in [0.15, 0.2) is 6.20 Å². The van der Waals surface area contributed by atoms with Crippen molar-refractivity contribution in [1.82, 2.24) is 4.98 Å². The maximum absolute atomic E-state index is 6.12. The Labute approximate surface area is 104 Å². The van der Waals surface area contributed by atoms with Crippen molar-refractivity contribution in [2.45, 2.75) is 59.7 Å². The molecule has 0 amide bonds. The fraction of sp³-hybridized carbons (Fsp3) is 0.667. The van der Waals surface area contributed by atoms with E-state index < -0.39 is 0 Å². The minimum atomic E-state index is 0.184. The Balaban J connectivity index is 2.63. The molecule has 0 spiro atoms. The zero-order valence-corrected chi connectivity index (χ0v) is 11.7. The van der Waals surface area contributed by atoms with E-state index in [1.165, 1.54) is 16.7 Å². The van der Waals surface area contributed by atoms with E-state index in [1.54, 1.807) is 0 Å². The number of hydrogen-bond acceptors (Lipinski definition) is 2. The van der Waals surface area contributed by atoms with Crippen molar-refractivity contribution >= 4 is 0 Å². The molecule has 2 rings (SSSR count). The molecule has 2 heterocycles. The van der Waals surface area contributed by atoms with E-state index in [9.17, 15) is 0 Å². The van der Waals surface area contributed by atoms with Crippen LogP contribution in [0.25, 0.3) is 0 Å². The number of aromatic nitrogens is 1. The number of pyridine rings is 1. The van der Waals surface area contributed by atoms with E-state index in [4.69, 9.17) is 4.74 Å². The maximum Gasteiger partial charge on any atom is 0.0863 e. The van der Waals surface area contributed by atoms with Crippen LogP contribution < -0.4 is 0 Å². The summed E-state index contributed by atoms with van der Waals surface area (Å²) in [5.74, 6) is 1.02. The third-order valence-electron chi connectivity index (χ3n) is 3.66. The molecule has 0 fully saturated rings. The van der Waals surface area contributed by atoms with Gasteiger partial charge in [-0.05, 0) is 36.8 Å². The summed E-state index contributed by atoms with van der Waals surface area (Å²) in [6, 6.07) is 0. The molecule has 1 aliphatic heterocycles. The fourth-order valence-corrected chi connectivity index (χ4v) is 2.79. The Morgan fingerprint density at radius 2 is 1.82 bits per heavy atom. The molecule has 0 N–H and O–H groups in total. The molecule has 0 saturated carbocycles. The second-order valence-electron chi connectivity index (χ2n) is 5.72. The van der Waals surface area contributed by atoms with Gasteiger partial charge in [0.15, 0.2) is 0 Å². The van der Waals surface area contributed by atoms with Crippen molar-refractivity contribution in [2.75, 3.05) is 0 Å². The Bertz CT molecular complexity index is 423. The number of rotatable bonds is 2. The lowest BCUT2D eigenvalue weighted by molar-refractivity contribution is -0.00504. The summed E-state index contributed by atoms with van der Waals surface area (Å²) in [5.41, 5.74) is 5.22. The summed E-state index contributed by atoms with van der Waals surface area (Å²) in [4.78, 5) is 4.54. The molecule has 17 heavy (non-hydrogen) atoms. The molecular weight excluding hydrogens is 210 g/mol. The highest BCUT2D eigenvalue weighted by Crippen LogP contribution is 2.46. The second-order valence-corrected chi connectivity index (χ2v) is 5.72. The van der Waals surface area contributed by atoms with Crippen molar-refractivity contribution in [3.8, 4) is 0 Å². The van der Waals surface area contributed by atoms with Gasteiger partial charge >= 0.3 is 0 Å². The Morgan fingerprint density at radius 3 is 2.35 bits per heavy atom. The van der Waals surface area contributed by atoms with Gasteiger partial charge in [-0.3, -0.25) is 4.98 Å². The van der Waals surface area contributed by atoms with Crippen LogP contribution in [-0.2, 0) is 4.74 Å². The molecule has 0 aromatic carbocycles. The molecule has 0 saturated heterocycles. The monoisotopic (exact) mass is 233 g/mol. The lowest BCUT2D eigenvalue weighted by Gasteiger charge is -2.20. The summed E-state index contributed by atoms with van der Waals surface area (Å²) in [6.45, 7) is 13.1. The van der Waals surface area contributed by atoms with Crippen LogP contribution in [0, 0.1) is 12.8 Å². The molecule has 0 radical (unpaired) electrons.